The van der Waals surface area contributed by atoms with Crippen LogP contribution in [0.1, 0.15) is 24.8 Å². The van der Waals surface area contributed by atoms with Crippen LogP contribution < -0.4 is 11.1 Å². The number of nitrogens with zero attached hydrogens (tertiary/aromatic N) is 2. The molecule has 1 aliphatic rings. The molecule has 1 aromatic rings. The number of nitrogens with two attached hydrogens (primary N) is 1. The molecular formula is C17H29IN4O. The number of piperidine rings is 1. The van der Waals surface area contributed by atoms with Crippen LogP contribution in [-0.4, -0.2) is 44.7 Å². The van der Waals surface area contributed by atoms with E-state index in [9.17, 15) is 0 Å². The lowest BCUT2D eigenvalue weighted by Crippen LogP contribution is -2.30. The van der Waals surface area contributed by atoms with Gasteiger partial charge in [-0.05, 0) is 51.4 Å². The zero-order valence-electron chi connectivity index (χ0n) is 14.1. The smallest absolute Gasteiger partial charge is 0.193 e. The van der Waals surface area contributed by atoms with Gasteiger partial charge in [-0.3, -0.25) is 4.99 Å². The maximum atomic E-state index is 6.00. The average molecular weight is 432 g/mol. The largest absolute Gasteiger partial charge is 0.380 e. The van der Waals surface area contributed by atoms with Gasteiger partial charge in [-0.2, -0.15) is 0 Å². The summed E-state index contributed by atoms with van der Waals surface area (Å²) in [4.78, 5) is 6.85. The van der Waals surface area contributed by atoms with Crippen LogP contribution in [0.3, 0.4) is 0 Å². The van der Waals surface area contributed by atoms with Crippen LogP contribution >= 0.6 is 24.0 Å². The molecule has 1 aliphatic heterocycles. The van der Waals surface area contributed by atoms with Gasteiger partial charge in [0.2, 0.25) is 0 Å². The SMILES string of the molecule is COCc1ccccc1NC(N)=NCCC1CCN(C)CC1.I. The normalized spacial score (nSPS) is 16.9. The number of benzene rings is 1. The van der Waals surface area contributed by atoms with E-state index in [4.69, 9.17) is 10.5 Å². The maximum Gasteiger partial charge on any atom is 0.193 e. The van der Waals surface area contributed by atoms with Crippen molar-refractivity contribution in [2.75, 3.05) is 39.1 Å². The molecule has 0 atom stereocenters. The average Bonchev–Trinajstić information content (AvgIpc) is 2.51. The Hall–Kier alpha value is -0.860. The monoisotopic (exact) mass is 432 g/mol. The van der Waals surface area contributed by atoms with Crippen LogP contribution in [0.15, 0.2) is 29.3 Å². The van der Waals surface area contributed by atoms with Crippen molar-refractivity contribution in [2.45, 2.75) is 25.9 Å². The highest BCUT2D eigenvalue weighted by Crippen LogP contribution is 2.19. The molecule has 0 radical (unpaired) electrons. The maximum absolute atomic E-state index is 6.00. The third kappa shape index (κ3) is 7.05. The van der Waals surface area contributed by atoms with Crippen molar-refractivity contribution in [1.29, 1.82) is 0 Å². The van der Waals surface area contributed by atoms with E-state index in [2.05, 4.69) is 22.3 Å². The van der Waals surface area contributed by atoms with Crippen LogP contribution in [0.5, 0.6) is 0 Å². The Morgan fingerprint density at radius 3 is 2.74 bits per heavy atom. The fourth-order valence-electron chi connectivity index (χ4n) is 2.82. The van der Waals surface area contributed by atoms with E-state index in [1.807, 2.05) is 24.3 Å². The van der Waals surface area contributed by atoms with Gasteiger partial charge in [-0.25, -0.2) is 0 Å². The van der Waals surface area contributed by atoms with E-state index in [1.54, 1.807) is 7.11 Å². The molecule has 2 rings (SSSR count). The van der Waals surface area contributed by atoms with E-state index in [-0.39, 0.29) is 24.0 Å². The number of methoxy groups -OCH3 is 1. The number of likely N-dealkylation sites (tertiary alicyclic amines) is 1. The summed E-state index contributed by atoms with van der Waals surface area (Å²) in [6.45, 7) is 3.75. The first kappa shape index (κ1) is 20.2. The number of nitrogens with one attached hydrogen (secondary N) is 1. The molecule has 6 heteroatoms. The topological polar surface area (TPSA) is 62.9 Å². The summed E-state index contributed by atoms with van der Waals surface area (Å²) in [5.74, 6) is 1.27. The van der Waals surface area contributed by atoms with Gasteiger partial charge in [0.05, 0.1) is 6.61 Å². The summed E-state index contributed by atoms with van der Waals surface area (Å²) in [6.07, 6.45) is 3.67. The summed E-state index contributed by atoms with van der Waals surface area (Å²) in [5, 5.41) is 3.18. The molecule has 0 bridgehead atoms. The predicted molar refractivity (Wildman–Crippen MR) is 108 cm³/mol. The molecule has 130 valence electrons. The number of hydrogen-bond acceptors (Lipinski definition) is 3. The van der Waals surface area contributed by atoms with Crippen LogP contribution in [0.2, 0.25) is 0 Å². The molecule has 1 heterocycles. The molecule has 1 aromatic carbocycles. The van der Waals surface area contributed by atoms with Crippen LogP contribution in [0.4, 0.5) is 5.69 Å². The molecule has 23 heavy (non-hydrogen) atoms. The van der Waals surface area contributed by atoms with Crippen molar-refractivity contribution in [3.05, 3.63) is 29.8 Å². The highest BCUT2D eigenvalue weighted by Gasteiger charge is 2.15. The second-order valence-electron chi connectivity index (χ2n) is 6.02. The van der Waals surface area contributed by atoms with Crippen molar-refractivity contribution in [3.63, 3.8) is 0 Å². The minimum atomic E-state index is 0. The Morgan fingerprint density at radius 2 is 2.04 bits per heavy atom. The molecule has 0 amide bonds. The van der Waals surface area contributed by atoms with E-state index in [0.717, 1.165) is 30.1 Å². The Bertz CT molecular complexity index is 487. The Labute approximate surface area is 156 Å². The first-order valence-electron chi connectivity index (χ1n) is 8.01. The quantitative estimate of drug-likeness (QED) is 0.412. The zero-order valence-corrected chi connectivity index (χ0v) is 16.5. The van der Waals surface area contributed by atoms with E-state index in [0.29, 0.717) is 12.6 Å². The molecule has 5 nitrogen and oxygen atoms in total. The first-order chi connectivity index (χ1) is 10.7. The van der Waals surface area contributed by atoms with Crippen molar-refractivity contribution >= 4 is 35.6 Å². The highest BCUT2D eigenvalue weighted by molar-refractivity contribution is 14.0. The lowest BCUT2D eigenvalue weighted by atomic mass is 9.94. The minimum Gasteiger partial charge on any atom is -0.380 e. The lowest BCUT2D eigenvalue weighted by molar-refractivity contribution is 0.185. The number of ether oxygens (including phenoxy) is 1. The van der Waals surface area contributed by atoms with E-state index in [1.165, 1.54) is 25.9 Å². The summed E-state index contributed by atoms with van der Waals surface area (Å²) < 4.78 is 5.19. The van der Waals surface area contributed by atoms with Crippen LogP contribution in [-0.2, 0) is 11.3 Å². The number of aliphatic imine (C=N–C) groups is 1. The van der Waals surface area contributed by atoms with Gasteiger partial charge in [-0.1, -0.05) is 18.2 Å². The van der Waals surface area contributed by atoms with Crippen molar-refractivity contribution in [2.24, 2.45) is 16.6 Å². The van der Waals surface area contributed by atoms with Gasteiger partial charge in [0.1, 0.15) is 0 Å². The highest BCUT2D eigenvalue weighted by atomic mass is 127. The second-order valence-corrected chi connectivity index (χ2v) is 6.02. The molecule has 0 unspecified atom stereocenters. The van der Waals surface area contributed by atoms with E-state index < -0.39 is 0 Å². The number of halogens is 1. The minimum absolute atomic E-state index is 0. The third-order valence-electron chi connectivity index (χ3n) is 4.24. The fourth-order valence-corrected chi connectivity index (χ4v) is 2.82. The Kier molecular flexibility index (Phi) is 9.50. The standard InChI is InChI=1S/C17H28N4O.HI/c1-21-11-8-14(9-12-21)7-10-19-17(18)20-16-6-4-3-5-15(16)13-22-2;/h3-6,14H,7-13H2,1-2H3,(H3,18,19,20);1H. The fraction of sp³-hybridized carbons (Fsp3) is 0.588. The number of anilines is 1. The van der Waals surface area contributed by atoms with Crippen LogP contribution in [0.25, 0.3) is 0 Å². The van der Waals surface area contributed by atoms with Crippen molar-refractivity contribution in [3.8, 4) is 0 Å². The number of rotatable bonds is 6. The van der Waals surface area contributed by atoms with Gasteiger partial charge in [0, 0.05) is 24.9 Å². The molecule has 1 fully saturated rings. The van der Waals surface area contributed by atoms with Gasteiger partial charge < -0.3 is 20.7 Å². The molecule has 1 saturated heterocycles. The Balaban J connectivity index is 0.00000264. The predicted octanol–water partition coefficient (Wildman–Crippen LogP) is 2.91. The van der Waals surface area contributed by atoms with Crippen molar-refractivity contribution in [1.82, 2.24) is 4.90 Å². The first-order valence-corrected chi connectivity index (χ1v) is 8.01. The Morgan fingerprint density at radius 1 is 1.35 bits per heavy atom. The lowest BCUT2D eigenvalue weighted by Gasteiger charge is -2.28. The number of guanidine groups is 1. The van der Waals surface area contributed by atoms with Gasteiger partial charge in [0.25, 0.3) is 0 Å². The summed E-state index contributed by atoms with van der Waals surface area (Å²) in [6, 6.07) is 7.99. The van der Waals surface area contributed by atoms with Gasteiger partial charge in [-0.15, -0.1) is 24.0 Å². The van der Waals surface area contributed by atoms with Gasteiger partial charge >= 0.3 is 0 Å². The molecule has 3 N–H and O–H groups in total. The summed E-state index contributed by atoms with van der Waals surface area (Å²) >= 11 is 0. The van der Waals surface area contributed by atoms with Gasteiger partial charge in [0.15, 0.2) is 5.96 Å². The number of para-hydroxylation sites is 1. The summed E-state index contributed by atoms with van der Waals surface area (Å²) in [5.41, 5.74) is 8.04. The van der Waals surface area contributed by atoms with Crippen LogP contribution in [0, 0.1) is 5.92 Å². The molecule has 0 spiro atoms. The third-order valence-corrected chi connectivity index (χ3v) is 4.24. The molecule has 0 aromatic heterocycles. The van der Waals surface area contributed by atoms with E-state index >= 15 is 0 Å². The van der Waals surface area contributed by atoms with Crippen molar-refractivity contribution < 1.29 is 4.74 Å². The summed E-state index contributed by atoms with van der Waals surface area (Å²) in [7, 11) is 3.88. The molecule has 0 aliphatic carbocycles. The molecule has 0 saturated carbocycles. The second kappa shape index (κ2) is 10.8. The number of hydrogen-bond donors (Lipinski definition) is 2. The zero-order chi connectivity index (χ0) is 15.8. The molecular weight excluding hydrogens is 403 g/mol.